The first kappa shape index (κ1) is 14.7. The first-order valence-corrected chi connectivity index (χ1v) is 6.77. The molecule has 1 aromatic carbocycles. The van der Waals surface area contributed by atoms with Crippen molar-refractivity contribution in [2.24, 2.45) is 0 Å². The number of rotatable bonds is 4. The maximum absolute atomic E-state index is 10.5. The normalized spacial score (nSPS) is 9.22. The van der Waals surface area contributed by atoms with E-state index in [1.807, 2.05) is 42.5 Å². The molecule has 96 valence electrons. The molecule has 0 atom stereocenters. The van der Waals surface area contributed by atoms with Gasteiger partial charge in [-0.15, -0.1) is 11.3 Å². The lowest BCUT2D eigenvalue weighted by molar-refractivity contribution is 0.112. The van der Waals surface area contributed by atoms with Crippen molar-refractivity contribution in [3.8, 4) is 0 Å². The highest BCUT2D eigenvalue weighted by atomic mass is 32.2. The minimum absolute atomic E-state index is 0.742. The molecule has 18 heavy (non-hydrogen) atoms. The second kappa shape index (κ2) is 8.71. The van der Waals surface area contributed by atoms with Gasteiger partial charge in [0, 0.05) is 11.9 Å². The number of carbonyl (C=O) groups excluding carboxylic acids is 1. The van der Waals surface area contributed by atoms with Crippen LogP contribution in [0.2, 0.25) is 0 Å². The minimum Gasteiger partial charge on any atom is -0.317 e. The minimum atomic E-state index is 0.742. The van der Waals surface area contributed by atoms with Crippen LogP contribution in [-0.2, 0) is 0 Å². The Bertz CT molecular complexity index is 460. The molecule has 2 aromatic rings. The average Bonchev–Trinajstić information content (AvgIpc) is 2.86. The van der Waals surface area contributed by atoms with Crippen LogP contribution in [-0.4, -0.2) is 18.5 Å². The maximum atomic E-state index is 10.5. The van der Waals surface area contributed by atoms with E-state index in [-0.39, 0.29) is 0 Å². The van der Waals surface area contributed by atoms with Crippen molar-refractivity contribution in [1.29, 1.82) is 0 Å². The summed E-state index contributed by atoms with van der Waals surface area (Å²) in [7, 11) is 1.43. The van der Waals surface area contributed by atoms with Crippen molar-refractivity contribution >= 4 is 34.6 Å². The standard InChI is InChI=1S/C11H9NOS2.CH5NO/c13-8-10-6-7-11(14-10)12-15-9-4-2-1-3-5-9;1-2-3/h1-8,12H;2-3H,1H3. The molecule has 0 aliphatic heterocycles. The van der Waals surface area contributed by atoms with Gasteiger partial charge in [0.15, 0.2) is 6.29 Å². The first-order chi connectivity index (χ1) is 8.80. The number of benzene rings is 1. The number of thiophene rings is 1. The topological polar surface area (TPSA) is 61.4 Å². The lowest BCUT2D eigenvalue weighted by Crippen LogP contribution is -1.91. The Hall–Kier alpha value is -1.34. The van der Waals surface area contributed by atoms with Gasteiger partial charge in [-0.2, -0.15) is 0 Å². The van der Waals surface area contributed by atoms with Gasteiger partial charge in [-0.05, 0) is 36.2 Å². The Morgan fingerprint density at radius 3 is 2.44 bits per heavy atom. The highest BCUT2D eigenvalue weighted by molar-refractivity contribution is 8.00. The number of carbonyl (C=O) groups is 1. The molecule has 2 rings (SSSR count). The second-order valence-electron chi connectivity index (χ2n) is 3.06. The van der Waals surface area contributed by atoms with E-state index in [9.17, 15) is 4.79 Å². The van der Waals surface area contributed by atoms with Crippen LogP contribution in [0.15, 0.2) is 47.4 Å². The molecule has 0 fully saturated rings. The lowest BCUT2D eigenvalue weighted by Gasteiger charge is -2.01. The molecule has 0 unspecified atom stereocenters. The fourth-order valence-electron chi connectivity index (χ4n) is 1.07. The quantitative estimate of drug-likeness (QED) is 0.456. The van der Waals surface area contributed by atoms with Crippen LogP contribution in [0.5, 0.6) is 0 Å². The highest BCUT2D eigenvalue weighted by Crippen LogP contribution is 2.26. The summed E-state index contributed by atoms with van der Waals surface area (Å²) in [6, 6.07) is 13.8. The van der Waals surface area contributed by atoms with Crippen LogP contribution in [0.1, 0.15) is 9.67 Å². The fraction of sp³-hybridized carbons (Fsp3) is 0.0833. The summed E-state index contributed by atoms with van der Waals surface area (Å²) in [6.45, 7) is 0. The van der Waals surface area contributed by atoms with Crippen molar-refractivity contribution in [3.63, 3.8) is 0 Å². The van der Waals surface area contributed by atoms with Gasteiger partial charge in [0.05, 0.1) is 9.88 Å². The fourth-order valence-corrected chi connectivity index (χ4v) is 2.51. The monoisotopic (exact) mass is 282 g/mol. The number of hydrogen-bond donors (Lipinski definition) is 3. The molecule has 0 bridgehead atoms. The summed E-state index contributed by atoms with van der Waals surface area (Å²) in [4.78, 5) is 12.4. The predicted molar refractivity (Wildman–Crippen MR) is 76.5 cm³/mol. The van der Waals surface area contributed by atoms with E-state index in [0.717, 1.165) is 21.1 Å². The van der Waals surface area contributed by atoms with Crippen molar-refractivity contribution in [2.45, 2.75) is 4.90 Å². The third-order valence-electron chi connectivity index (χ3n) is 1.76. The molecular weight excluding hydrogens is 268 g/mol. The van der Waals surface area contributed by atoms with E-state index < -0.39 is 0 Å². The predicted octanol–water partition coefficient (Wildman–Crippen LogP) is 3.27. The zero-order valence-corrected chi connectivity index (χ0v) is 11.4. The van der Waals surface area contributed by atoms with Gasteiger partial charge in [0.1, 0.15) is 0 Å². The molecule has 6 heteroatoms. The molecule has 4 nitrogen and oxygen atoms in total. The molecular formula is C12H14N2O2S2. The molecule has 0 amide bonds. The van der Waals surface area contributed by atoms with E-state index in [1.54, 1.807) is 17.4 Å². The molecule has 1 aromatic heterocycles. The number of hydrogen-bond acceptors (Lipinski definition) is 6. The molecule has 0 aliphatic carbocycles. The molecule has 0 saturated heterocycles. The lowest BCUT2D eigenvalue weighted by atomic mass is 10.4. The maximum Gasteiger partial charge on any atom is 0.160 e. The largest absolute Gasteiger partial charge is 0.317 e. The third kappa shape index (κ3) is 5.33. The summed E-state index contributed by atoms with van der Waals surface area (Å²) in [5.41, 5.74) is 1.75. The molecule has 0 spiro atoms. The molecule has 0 saturated carbocycles. The summed E-state index contributed by atoms with van der Waals surface area (Å²) < 4.78 is 3.19. The zero-order chi connectivity index (χ0) is 13.2. The van der Waals surface area contributed by atoms with Crippen molar-refractivity contribution in [3.05, 3.63) is 47.3 Å². The van der Waals surface area contributed by atoms with E-state index in [1.165, 1.54) is 18.4 Å². The number of aldehydes is 1. The molecule has 0 aliphatic rings. The van der Waals surface area contributed by atoms with E-state index >= 15 is 0 Å². The second-order valence-corrected chi connectivity index (χ2v) is 5.06. The van der Waals surface area contributed by atoms with Crippen LogP contribution < -0.4 is 10.2 Å². The van der Waals surface area contributed by atoms with Crippen molar-refractivity contribution in [1.82, 2.24) is 5.48 Å². The van der Waals surface area contributed by atoms with Crippen LogP contribution in [0.4, 0.5) is 5.00 Å². The van der Waals surface area contributed by atoms with Gasteiger partial charge in [-0.1, -0.05) is 18.2 Å². The van der Waals surface area contributed by atoms with Crippen molar-refractivity contribution in [2.75, 3.05) is 11.8 Å². The van der Waals surface area contributed by atoms with Crippen LogP contribution in [0.25, 0.3) is 0 Å². The Morgan fingerprint density at radius 2 is 1.89 bits per heavy atom. The van der Waals surface area contributed by atoms with E-state index in [0.29, 0.717) is 0 Å². The van der Waals surface area contributed by atoms with Gasteiger partial charge in [-0.25, -0.2) is 5.48 Å². The Labute approximate surface area is 114 Å². The zero-order valence-electron chi connectivity index (χ0n) is 9.79. The van der Waals surface area contributed by atoms with Gasteiger partial charge in [-0.3, -0.25) is 4.79 Å². The van der Waals surface area contributed by atoms with Crippen LogP contribution >= 0.6 is 23.3 Å². The molecule has 3 N–H and O–H groups in total. The van der Waals surface area contributed by atoms with Crippen molar-refractivity contribution < 1.29 is 10.0 Å². The summed E-state index contributed by atoms with van der Waals surface area (Å²) in [6.07, 6.45) is 0.864. The summed E-state index contributed by atoms with van der Waals surface area (Å²) >= 11 is 2.99. The smallest absolute Gasteiger partial charge is 0.160 e. The molecule has 1 heterocycles. The van der Waals surface area contributed by atoms with Gasteiger partial charge >= 0.3 is 0 Å². The SMILES string of the molecule is CNO.O=Cc1ccc(NSc2ccccc2)s1. The average molecular weight is 282 g/mol. The van der Waals surface area contributed by atoms with E-state index in [4.69, 9.17) is 5.21 Å². The number of nitrogens with one attached hydrogen (secondary N) is 2. The summed E-state index contributed by atoms with van der Waals surface area (Å²) in [5, 5.41) is 8.31. The summed E-state index contributed by atoms with van der Waals surface area (Å²) in [5.74, 6) is 0. The third-order valence-corrected chi connectivity index (χ3v) is 3.64. The van der Waals surface area contributed by atoms with Gasteiger partial charge < -0.3 is 9.93 Å². The number of hydroxylamine groups is 1. The highest BCUT2D eigenvalue weighted by Gasteiger charge is 1.98. The van der Waals surface area contributed by atoms with Gasteiger partial charge in [0.25, 0.3) is 0 Å². The van der Waals surface area contributed by atoms with E-state index in [2.05, 4.69) is 4.72 Å². The van der Waals surface area contributed by atoms with Gasteiger partial charge in [0.2, 0.25) is 0 Å². The Balaban J connectivity index is 0.000000492. The van der Waals surface area contributed by atoms with Crippen LogP contribution in [0.3, 0.4) is 0 Å². The Kier molecular flexibility index (Phi) is 7.12. The first-order valence-electron chi connectivity index (χ1n) is 5.14. The molecule has 0 radical (unpaired) electrons. The number of anilines is 1. The Morgan fingerprint density at radius 1 is 1.22 bits per heavy atom. The van der Waals surface area contributed by atoms with Crippen LogP contribution in [0, 0.1) is 0 Å².